The lowest BCUT2D eigenvalue weighted by Crippen LogP contribution is -2.76. The summed E-state index contributed by atoms with van der Waals surface area (Å²) in [6, 6.07) is 0. The van der Waals surface area contributed by atoms with Gasteiger partial charge in [0.1, 0.15) is 5.60 Å². The maximum absolute atomic E-state index is 11.8. The zero-order chi connectivity index (χ0) is 12.7. The monoisotopic (exact) mass is 313 g/mol. The Labute approximate surface area is 127 Å². The minimum Gasteiger partial charge on any atom is -0.444 e. The first-order valence-electron chi connectivity index (χ1n) is 6.22. The van der Waals surface area contributed by atoms with Crippen molar-refractivity contribution in [3.63, 3.8) is 0 Å². The highest BCUT2D eigenvalue weighted by molar-refractivity contribution is 5.85. The minimum absolute atomic E-state index is 0. The molecular weight excluding hydrogens is 289 g/mol. The topological polar surface area (TPSA) is 44.8 Å². The van der Waals surface area contributed by atoms with E-state index in [4.69, 9.17) is 4.74 Å². The van der Waals surface area contributed by atoms with Crippen molar-refractivity contribution < 1.29 is 9.53 Å². The van der Waals surface area contributed by atoms with Gasteiger partial charge in [-0.2, -0.15) is 0 Å². The summed E-state index contributed by atoms with van der Waals surface area (Å²) in [4.78, 5) is 16.0. The molecule has 2 aliphatic heterocycles. The molecule has 0 aliphatic carbocycles. The Kier molecular flexibility index (Phi) is 6.40. The Balaban J connectivity index is 0.00000162. The minimum atomic E-state index is -0.406. The van der Waals surface area contributed by atoms with Gasteiger partial charge in [-0.25, -0.2) is 4.79 Å². The lowest BCUT2D eigenvalue weighted by atomic mass is 9.87. The fourth-order valence-electron chi connectivity index (χ4n) is 2.41. The molecule has 1 spiro atoms. The molecule has 2 fully saturated rings. The Morgan fingerprint density at radius 3 is 2.32 bits per heavy atom. The van der Waals surface area contributed by atoms with Crippen LogP contribution in [0.3, 0.4) is 0 Å². The zero-order valence-corrected chi connectivity index (χ0v) is 13.7. The fraction of sp³-hybridized carbons (Fsp3) is 0.917. The van der Waals surface area contributed by atoms with Gasteiger partial charge in [-0.3, -0.25) is 4.90 Å². The summed E-state index contributed by atoms with van der Waals surface area (Å²) in [6.07, 6.45) is -0.193. The van der Waals surface area contributed by atoms with Crippen LogP contribution in [0, 0.1) is 0 Å². The maximum atomic E-state index is 11.8. The van der Waals surface area contributed by atoms with Crippen LogP contribution in [0.25, 0.3) is 0 Å². The van der Waals surface area contributed by atoms with E-state index in [2.05, 4.69) is 17.3 Å². The van der Waals surface area contributed by atoms with E-state index in [9.17, 15) is 4.79 Å². The summed E-state index contributed by atoms with van der Waals surface area (Å²) in [5.74, 6) is 0. The third-order valence-electron chi connectivity index (χ3n) is 3.51. The van der Waals surface area contributed by atoms with Crippen molar-refractivity contribution in [2.75, 3.05) is 39.8 Å². The summed E-state index contributed by atoms with van der Waals surface area (Å²) in [5.41, 5.74) is -0.272. The number of halogens is 2. The number of likely N-dealkylation sites (tertiary alicyclic amines) is 1. The molecule has 0 radical (unpaired) electrons. The van der Waals surface area contributed by atoms with Crippen LogP contribution in [-0.2, 0) is 4.74 Å². The van der Waals surface area contributed by atoms with Gasteiger partial charge in [0.05, 0.1) is 5.54 Å². The third kappa shape index (κ3) is 4.12. The van der Waals surface area contributed by atoms with Crippen molar-refractivity contribution >= 4 is 30.9 Å². The van der Waals surface area contributed by atoms with E-state index in [1.54, 1.807) is 4.90 Å². The molecule has 0 aromatic carbocycles. The first-order chi connectivity index (χ1) is 7.82. The number of carbonyl (C=O) groups is 1. The first-order valence-corrected chi connectivity index (χ1v) is 6.22. The standard InChI is InChI=1S/C12H23N3O2.2ClH/c1-11(2,3)17-10(16)15-8-12(9-15)7-13-5-6-14(12)4;;/h13H,5-9H2,1-4H3;2*1H. The SMILES string of the molecule is CN1CCNCC12CN(C(=O)OC(C)(C)C)C2.Cl.Cl. The van der Waals surface area contributed by atoms with Crippen LogP contribution >= 0.6 is 24.8 Å². The molecule has 0 saturated carbocycles. The first kappa shape index (κ1) is 18.8. The largest absolute Gasteiger partial charge is 0.444 e. The van der Waals surface area contributed by atoms with Crippen molar-refractivity contribution in [1.29, 1.82) is 0 Å². The molecule has 5 nitrogen and oxygen atoms in total. The van der Waals surface area contributed by atoms with Crippen LogP contribution in [0.1, 0.15) is 20.8 Å². The van der Waals surface area contributed by atoms with E-state index >= 15 is 0 Å². The Bertz CT molecular complexity index is 315. The molecule has 7 heteroatoms. The van der Waals surface area contributed by atoms with Gasteiger partial charge < -0.3 is 15.0 Å². The van der Waals surface area contributed by atoms with E-state index in [0.29, 0.717) is 0 Å². The van der Waals surface area contributed by atoms with Gasteiger partial charge >= 0.3 is 6.09 Å². The predicted octanol–water partition coefficient (Wildman–Crippen LogP) is 1.35. The second-order valence-electron chi connectivity index (χ2n) is 6.16. The zero-order valence-electron chi connectivity index (χ0n) is 12.1. The summed E-state index contributed by atoms with van der Waals surface area (Å²) in [5, 5.41) is 3.40. The number of hydrogen-bond donors (Lipinski definition) is 1. The second-order valence-corrected chi connectivity index (χ2v) is 6.16. The van der Waals surface area contributed by atoms with Gasteiger partial charge in [0.15, 0.2) is 0 Å². The summed E-state index contributed by atoms with van der Waals surface area (Å²) >= 11 is 0. The quantitative estimate of drug-likeness (QED) is 0.733. The van der Waals surface area contributed by atoms with Gasteiger partial charge in [-0.1, -0.05) is 0 Å². The van der Waals surface area contributed by atoms with Gasteiger partial charge in [-0.15, -0.1) is 24.8 Å². The number of amides is 1. The highest BCUT2D eigenvalue weighted by Gasteiger charge is 2.49. The van der Waals surface area contributed by atoms with E-state index in [1.165, 1.54) is 0 Å². The number of likely N-dealkylation sites (N-methyl/N-ethyl adjacent to an activating group) is 1. The number of nitrogens with zero attached hydrogens (tertiary/aromatic N) is 2. The molecule has 0 aromatic heterocycles. The lowest BCUT2D eigenvalue weighted by molar-refractivity contribution is -0.0639. The summed E-state index contributed by atoms with van der Waals surface area (Å²) < 4.78 is 5.36. The van der Waals surface area contributed by atoms with Crippen molar-refractivity contribution in [1.82, 2.24) is 15.1 Å². The molecular formula is C12H25Cl2N3O2. The molecule has 0 unspecified atom stereocenters. The molecule has 2 rings (SSSR count). The van der Waals surface area contributed by atoms with Crippen LogP contribution in [0.4, 0.5) is 4.79 Å². The molecule has 1 amide bonds. The molecule has 114 valence electrons. The van der Waals surface area contributed by atoms with Crippen molar-refractivity contribution in [2.45, 2.75) is 31.9 Å². The van der Waals surface area contributed by atoms with E-state index in [0.717, 1.165) is 32.7 Å². The van der Waals surface area contributed by atoms with Crippen LogP contribution in [0.5, 0.6) is 0 Å². The van der Waals surface area contributed by atoms with Crippen LogP contribution < -0.4 is 5.32 Å². The molecule has 0 atom stereocenters. The molecule has 2 saturated heterocycles. The number of ether oxygens (including phenoxy) is 1. The van der Waals surface area contributed by atoms with Crippen LogP contribution in [-0.4, -0.2) is 66.8 Å². The molecule has 2 aliphatic rings. The average Bonchev–Trinajstić information content (AvgIpc) is 2.12. The molecule has 1 N–H and O–H groups in total. The van der Waals surface area contributed by atoms with Gasteiger partial charge in [-0.05, 0) is 27.8 Å². The van der Waals surface area contributed by atoms with Crippen LogP contribution in [0.15, 0.2) is 0 Å². The van der Waals surface area contributed by atoms with E-state index in [-0.39, 0.29) is 36.4 Å². The number of carbonyl (C=O) groups excluding carboxylic acids is 1. The number of rotatable bonds is 0. The lowest BCUT2D eigenvalue weighted by Gasteiger charge is -2.56. The summed E-state index contributed by atoms with van der Waals surface area (Å²) in [7, 11) is 2.13. The van der Waals surface area contributed by atoms with Crippen molar-refractivity contribution in [2.24, 2.45) is 0 Å². The van der Waals surface area contributed by atoms with Crippen molar-refractivity contribution in [3.8, 4) is 0 Å². The highest BCUT2D eigenvalue weighted by Crippen LogP contribution is 2.29. The Morgan fingerprint density at radius 1 is 1.26 bits per heavy atom. The second kappa shape index (κ2) is 6.48. The van der Waals surface area contributed by atoms with Gasteiger partial charge in [0.2, 0.25) is 0 Å². The van der Waals surface area contributed by atoms with Crippen molar-refractivity contribution in [3.05, 3.63) is 0 Å². The normalized spacial score (nSPS) is 22.0. The predicted molar refractivity (Wildman–Crippen MR) is 80.5 cm³/mol. The van der Waals surface area contributed by atoms with E-state index in [1.807, 2.05) is 20.8 Å². The molecule has 0 aromatic rings. The van der Waals surface area contributed by atoms with Crippen LogP contribution in [0.2, 0.25) is 0 Å². The molecule has 19 heavy (non-hydrogen) atoms. The Hall–Kier alpha value is -0.230. The summed E-state index contributed by atoms with van der Waals surface area (Å²) in [6.45, 7) is 10.3. The smallest absolute Gasteiger partial charge is 0.410 e. The van der Waals surface area contributed by atoms with Gasteiger partial charge in [0.25, 0.3) is 0 Å². The molecule has 0 bridgehead atoms. The molecule has 2 heterocycles. The highest BCUT2D eigenvalue weighted by atomic mass is 35.5. The number of hydrogen-bond acceptors (Lipinski definition) is 4. The number of nitrogens with one attached hydrogen (secondary N) is 1. The fourth-order valence-corrected chi connectivity index (χ4v) is 2.41. The maximum Gasteiger partial charge on any atom is 0.410 e. The number of piperazine rings is 1. The van der Waals surface area contributed by atoms with Gasteiger partial charge in [0, 0.05) is 32.7 Å². The average molecular weight is 314 g/mol. The van der Waals surface area contributed by atoms with E-state index < -0.39 is 5.60 Å². The Morgan fingerprint density at radius 2 is 1.84 bits per heavy atom. The third-order valence-corrected chi connectivity index (χ3v) is 3.51.